The van der Waals surface area contributed by atoms with Crippen LogP contribution >= 0.6 is 35.6 Å². The molecule has 1 aliphatic rings. The van der Waals surface area contributed by atoms with Gasteiger partial charge in [-0.1, -0.05) is 47.5 Å². The topological polar surface area (TPSA) is 21.3 Å². The van der Waals surface area contributed by atoms with E-state index in [1.165, 1.54) is 11.1 Å². The Labute approximate surface area is 140 Å². The zero-order valence-electron chi connectivity index (χ0n) is 11.5. The van der Waals surface area contributed by atoms with E-state index in [-0.39, 0.29) is 24.6 Å². The zero-order valence-corrected chi connectivity index (χ0v) is 13.8. The highest BCUT2D eigenvalue weighted by Gasteiger charge is 2.32. The lowest BCUT2D eigenvalue weighted by Gasteiger charge is -2.22. The van der Waals surface area contributed by atoms with Gasteiger partial charge < -0.3 is 10.1 Å². The van der Waals surface area contributed by atoms with Gasteiger partial charge in [-0.3, -0.25) is 0 Å². The van der Waals surface area contributed by atoms with Crippen LogP contribution < -0.4 is 10.1 Å². The Bertz CT molecular complexity index is 633. The van der Waals surface area contributed by atoms with Crippen molar-refractivity contribution in [2.75, 3.05) is 7.05 Å². The van der Waals surface area contributed by atoms with Gasteiger partial charge in [0.15, 0.2) is 0 Å². The van der Waals surface area contributed by atoms with Crippen molar-refractivity contribution < 1.29 is 4.74 Å². The molecule has 2 unspecified atom stereocenters. The Morgan fingerprint density at radius 2 is 1.86 bits per heavy atom. The molecule has 1 aliphatic carbocycles. The molecule has 0 heterocycles. The van der Waals surface area contributed by atoms with E-state index in [2.05, 4.69) is 23.5 Å². The van der Waals surface area contributed by atoms with Gasteiger partial charge in [-0.15, -0.1) is 12.4 Å². The van der Waals surface area contributed by atoms with Gasteiger partial charge in [-0.2, -0.15) is 0 Å². The van der Waals surface area contributed by atoms with E-state index >= 15 is 0 Å². The molecule has 0 bridgehead atoms. The van der Waals surface area contributed by atoms with Gasteiger partial charge in [-0.25, -0.2) is 0 Å². The predicted molar refractivity (Wildman–Crippen MR) is 90.1 cm³/mol. The van der Waals surface area contributed by atoms with E-state index in [0.717, 1.165) is 12.2 Å². The van der Waals surface area contributed by atoms with Crippen molar-refractivity contribution in [1.82, 2.24) is 5.32 Å². The van der Waals surface area contributed by atoms with Crippen LogP contribution in [0.15, 0.2) is 42.5 Å². The Balaban J connectivity index is 0.00000161. The van der Waals surface area contributed by atoms with Crippen LogP contribution in [0.1, 0.15) is 17.2 Å². The molecule has 2 aromatic rings. The highest BCUT2D eigenvalue weighted by atomic mass is 35.5. The van der Waals surface area contributed by atoms with Crippen LogP contribution in [0, 0.1) is 0 Å². The van der Waals surface area contributed by atoms with Crippen LogP contribution in [0.3, 0.4) is 0 Å². The smallest absolute Gasteiger partial charge is 0.140 e. The summed E-state index contributed by atoms with van der Waals surface area (Å²) in [5.41, 5.74) is 2.56. The lowest BCUT2D eigenvalue weighted by Crippen LogP contribution is -2.32. The van der Waals surface area contributed by atoms with E-state index in [1.807, 2.05) is 19.2 Å². The molecule has 0 amide bonds. The van der Waals surface area contributed by atoms with Crippen LogP contribution in [0.5, 0.6) is 5.75 Å². The molecule has 0 fully saturated rings. The van der Waals surface area contributed by atoms with E-state index in [1.54, 1.807) is 12.1 Å². The van der Waals surface area contributed by atoms with Gasteiger partial charge in [0.05, 0.1) is 16.1 Å². The van der Waals surface area contributed by atoms with Crippen LogP contribution in [0.2, 0.25) is 10.0 Å². The Kier molecular flexibility index (Phi) is 5.39. The lowest BCUT2D eigenvalue weighted by atomic mass is 10.1. The van der Waals surface area contributed by atoms with Gasteiger partial charge in [0.2, 0.25) is 0 Å². The molecule has 2 nitrogen and oxygen atoms in total. The summed E-state index contributed by atoms with van der Waals surface area (Å²) in [6, 6.07) is 14.0. The summed E-state index contributed by atoms with van der Waals surface area (Å²) >= 11 is 12.0. The van der Waals surface area contributed by atoms with E-state index in [0.29, 0.717) is 10.0 Å². The maximum Gasteiger partial charge on any atom is 0.140 e. The molecule has 112 valence electrons. The molecule has 0 spiro atoms. The Morgan fingerprint density at radius 3 is 2.57 bits per heavy atom. The molecule has 0 radical (unpaired) electrons. The fraction of sp³-hybridized carbons (Fsp3) is 0.250. The Morgan fingerprint density at radius 1 is 1.10 bits per heavy atom. The van der Waals surface area contributed by atoms with Crippen molar-refractivity contribution in [3.05, 3.63) is 63.6 Å². The molecule has 3 rings (SSSR count). The molecule has 21 heavy (non-hydrogen) atoms. The molecular formula is C16H16Cl3NO. The van der Waals surface area contributed by atoms with Gasteiger partial charge in [0.1, 0.15) is 11.9 Å². The lowest BCUT2D eigenvalue weighted by molar-refractivity contribution is 0.172. The SMILES string of the molecule is CNC1Cc2ccccc2C1Oc1ccc(Cl)c(Cl)c1.Cl. The maximum atomic E-state index is 6.14. The molecule has 0 saturated heterocycles. The van der Waals surface area contributed by atoms with Gasteiger partial charge in [0, 0.05) is 6.07 Å². The minimum atomic E-state index is -0.00607. The van der Waals surface area contributed by atoms with E-state index < -0.39 is 0 Å². The highest BCUT2D eigenvalue weighted by Crippen LogP contribution is 2.36. The number of benzene rings is 2. The fourth-order valence-electron chi connectivity index (χ4n) is 2.65. The molecule has 0 aliphatic heterocycles. The number of fused-ring (bicyclic) bond motifs is 1. The Hall–Kier alpha value is -0.930. The first-order valence-electron chi connectivity index (χ1n) is 6.56. The molecule has 5 heteroatoms. The van der Waals surface area contributed by atoms with Crippen molar-refractivity contribution in [2.45, 2.75) is 18.6 Å². The van der Waals surface area contributed by atoms with Gasteiger partial charge in [-0.05, 0) is 36.7 Å². The summed E-state index contributed by atoms with van der Waals surface area (Å²) in [6.45, 7) is 0. The minimum Gasteiger partial charge on any atom is -0.484 e. The van der Waals surface area contributed by atoms with E-state index in [9.17, 15) is 0 Å². The quantitative estimate of drug-likeness (QED) is 0.873. The number of hydrogen-bond donors (Lipinski definition) is 1. The summed E-state index contributed by atoms with van der Waals surface area (Å²) in [6.07, 6.45) is 0.965. The first-order chi connectivity index (χ1) is 9.69. The van der Waals surface area contributed by atoms with Crippen molar-refractivity contribution in [2.24, 2.45) is 0 Å². The van der Waals surface area contributed by atoms with Gasteiger partial charge in [0.25, 0.3) is 0 Å². The van der Waals surface area contributed by atoms with Crippen LogP contribution in [0.4, 0.5) is 0 Å². The summed E-state index contributed by atoms with van der Waals surface area (Å²) in [5.74, 6) is 0.737. The molecular weight excluding hydrogens is 329 g/mol. The second-order valence-corrected chi connectivity index (χ2v) is 5.73. The number of halogens is 3. The van der Waals surface area contributed by atoms with Crippen molar-refractivity contribution in [3.63, 3.8) is 0 Å². The minimum absolute atomic E-state index is 0. The average Bonchev–Trinajstić information content (AvgIpc) is 2.81. The molecule has 0 aromatic heterocycles. The third-order valence-electron chi connectivity index (χ3n) is 3.69. The summed E-state index contributed by atoms with van der Waals surface area (Å²) < 4.78 is 6.14. The van der Waals surface area contributed by atoms with Crippen molar-refractivity contribution >= 4 is 35.6 Å². The standard InChI is InChI=1S/C16H15Cl2NO.ClH/c1-19-15-8-10-4-2-3-5-12(10)16(15)20-11-6-7-13(17)14(18)9-11;/h2-7,9,15-16,19H,8H2,1H3;1H. The van der Waals surface area contributed by atoms with Crippen LogP contribution in [-0.2, 0) is 6.42 Å². The summed E-state index contributed by atoms with van der Waals surface area (Å²) in [5, 5.41) is 4.37. The third kappa shape index (κ3) is 3.29. The number of ether oxygens (including phenoxy) is 1. The molecule has 1 N–H and O–H groups in total. The summed E-state index contributed by atoms with van der Waals surface area (Å²) in [4.78, 5) is 0. The second kappa shape index (κ2) is 6.89. The molecule has 2 atom stereocenters. The highest BCUT2D eigenvalue weighted by molar-refractivity contribution is 6.42. The number of rotatable bonds is 3. The maximum absolute atomic E-state index is 6.14. The predicted octanol–water partition coefficient (Wildman–Crippen LogP) is 4.68. The third-order valence-corrected chi connectivity index (χ3v) is 4.43. The number of likely N-dealkylation sites (N-methyl/N-ethyl adjacent to an activating group) is 1. The van der Waals surface area contributed by atoms with Crippen LogP contribution in [-0.4, -0.2) is 13.1 Å². The normalized spacial score (nSPS) is 19.8. The first-order valence-corrected chi connectivity index (χ1v) is 7.31. The zero-order chi connectivity index (χ0) is 14.1. The second-order valence-electron chi connectivity index (χ2n) is 4.91. The van der Waals surface area contributed by atoms with Crippen molar-refractivity contribution in [3.8, 4) is 5.75 Å². The molecule has 0 saturated carbocycles. The van der Waals surface area contributed by atoms with Gasteiger partial charge >= 0.3 is 0 Å². The largest absolute Gasteiger partial charge is 0.484 e. The fourth-order valence-corrected chi connectivity index (χ4v) is 2.94. The summed E-state index contributed by atoms with van der Waals surface area (Å²) in [7, 11) is 1.96. The van der Waals surface area contributed by atoms with E-state index in [4.69, 9.17) is 27.9 Å². The average molecular weight is 345 g/mol. The van der Waals surface area contributed by atoms with Crippen LogP contribution in [0.25, 0.3) is 0 Å². The number of nitrogens with one attached hydrogen (secondary N) is 1. The first kappa shape index (κ1) is 16.4. The molecule has 2 aromatic carbocycles. The van der Waals surface area contributed by atoms with Crippen molar-refractivity contribution in [1.29, 1.82) is 0 Å². The number of hydrogen-bond acceptors (Lipinski definition) is 2. The monoisotopic (exact) mass is 343 g/mol.